The van der Waals surface area contributed by atoms with E-state index in [1.165, 1.54) is 28.6 Å². The summed E-state index contributed by atoms with van der Waals surface area (Å²) in [6, 6.07) is 3.27. The Kier molecular flexibility index (Phi) is 6.10. The quantitative estimate of drug-likeness (QED) is 0.360. The fourth-order valence-electron chi connectivity index (χ4n) is 5.04. The van der Waals surface area contributed by atoms with Crippen LogP contribution in [0, 0.1) is 5.82 Å². The number of anilines is 1. The van der Waals surface area contributed by atoms with Gasteiger partial charge in [-0.2, -0.15) is 4.98 Å². The predicted octanol–water partition coefficient (Wildman–Crippen LogP) is 3.68. The number of hydrogen-bond donors (Lipinski definition) is 1. The number of halogens is 5. The summed E-state index contributed by atoms with van der Waals surface area (Å²) in [6.07, 6.45) is 0.287. The van der Waals surface area contributed by atoms with Crippen molar-refractivity contribution in [3.63, 3.8) is 0 Å². The first kappa shape index (κ1) is 24.8. The van der Waals surface area contributed by atoms with E-state index in [1.54, 1.807) is 23.2 Å². The fraction of sp³-hybridized carbons (Fsp3) is 0.458. The molecule has 2 fully saturated rings. The van der Waals surface area contributed by atoms with E-state index in [0.717, 1.165) is 0 Å². The topological polar surface area (TPSA) is 81.7 Å². The van der Waals surface area contributed by atoms with Gasteiger partial charge in [0.05, 0.1) is 57.3 Å². The van der Waals surface area contributed by atoms with E-state index in [-0.39, 0.29) is 41.9 Å². The van der Waals surface area contributed by atoms with E-state index in [2.05, 4.69) is 20.4 Å². The highest BCUT2D eigenvalue weighted by atomic mass is 19.3. The van der Waals surface area contributed by atoms with Gasteiger partial charge < -0.3 is 19.4 Å². The summed E-state index contributed by atoms with van der Waals surface area (Å²) in [6.45, 7) is 0.404. The monoisotopic (exact) mass is 537 g/mol. The van der Waals surface area contributed by atoms with Crippen molar-refractivity contribution in [2.45, 2.75) is 37.4 Å². The van der Waals surface area contributed by atoms with Gasteiger partial charge in [0.25, 0.3) is 12.3 Å². The number of aromatic nitrogens is 5. The van der Waals surface area contributed by atoms with Crippen molar-refractivity contribution in [3.8, 4) is 17.0 Å². The van der Waals surface area contributed by atoms with Gasteiger partial charge in [-0.1, -0.05) is 0 Å². The lowest BCUT2D eigenvalue weighted by Gasteiger charge is -2.44. The number of nitrogens with zero attached hydrogens (tertiary/aromatic N) is 6. The Hall–Kier alpha value is -3.52. The van der Waals surface area contributed by atoms with Crippen molar-refractivity contribution < 1.29 is 31.4 Å². The summed E-state index contributed by atoms with van der Waals surface area (Å²) in [5, 5.41) is 7.10. The molecule has 202 valence electrons. The van der Waals surface area contributed by atoms with Crippen LogP contribution in [0.25, 0.3) is 27.7 Å². The molecule has 3 aromatic heterocycles. The van der Waals surface area contributed by atoms with Crippen LogP contribution in [-0.2, 0) is 11.3 Å². The Balaban J connectivity index is 1.32. The van der Waals surface area contributed by atoms with Gasteiger partial charge in [-0.25, -0.2) is 31.5 Å². The maximum atomic E-state index is 15.0. The molecule has 0 aliphatic carbocycles. The van der Waals surface area contributed by atoms with E-state index < -0.39 is 30.8 Å². The third kappa shape index (κ3) is 4.30. The minimum atomic E-state index is -3.02. The Morgan fingerprint density at radius 1 is 1.26 bits per heavy atom. The molecule has 2 saturated heterocycles. The molecule has 0 bridgehead atoms. The van der Waals surface area contributed by atoms with Crippen LogP contribution in [0.2, 0.25) is 0 Å². The first-order valence-electron chi connectivity index (χ1n) is 12.1. The van der Waals surface area contributed by atoms with Crippen molar-refractivity contribution in [3.05, 3.63) is 36.5 Å². The van der Waals surface area contributed by atoms with Crippen LogP contribution in [0.1, 0.15) is 6.42 Å². The van der Waals surface area contributed by atoms with Gasteiger partial charge >= 0.3 is 0 Å². The van der Waals surface area contributed by atoms with E-state index in [0.29, 0.717) is 36.4 Å². The van der Waals surface area contributed by atoms with Crippen LogP contribution in [0.5, 0.6) is 5.88 Å². The lowest BCUT2D eigenvalue weighted by Crippen LogP contribution is -2.61. The SMILES string of the molecule is COc1nc(N[C@@H]2CCN(C3COC3)CC2(F)F)nn2ccc(-c3cc(F)c4ncn(CC(F)F)c4c3)c12. The molecule has 9 nitrogen and oxygen atoms in total. The van der Waals surface area contributed by atoms with Crippen LogP contribution in [0.4, 0.5) is 27.9 Å². The highest BCUT2D eigenvalue weighted by molar-refractivity contribution is 5.90. The molecule has 0 radical (unpaired) electrons. The van der Waals surface area contributed by atoms with Crippen molar-refractivity contribution in [1.82, 2.24) is 29.0 Å². The second-order valence-electron chi connectivity index (χ2n) is 9.49. The van der Waals surface area contributed by atoms with Crippen LogP contribution in [0.15, 0.2) is 30.7 Å². The molecule has 14 heteroatoms. The molecule has 1 aromatic carbocycles. The molecule has 0 saturated carbocycles. The van der Waals surface area contributed by atoms with Gasteiger partial charge in [0.1, 0.15) is 11.0 Å². The summed E-state index contributed by atoms with van der Waals surface area (Å²) in [5.74, 6) is -3.66. The lowest BCUT2D eigenvalue weighted by molar-refractivity contribution is -0.131. The van der Waals surface area contributed by atoms with Gasteiger partial charge in [0.2, 0.25) is 11.8 Å². The zero-order valence-corrected chi connectivity index (χ0v) is 20.3. The van der Waals surface area contributed by atoms with Crippen molar-refractivity contribution in [2.75, 3.05) is 38.7 Å². The smallest absolute Gasteiger partial charge is 0.280 e. The molecule has 38 heavy (non-hydrogen) atoms. The molecular weight excluding hydrogens is 513 g/mol. The fourth-order valence-corrected chi connectivity index (χ4v) is 5.04. The summed E-state index contributed by atoms with van der Waals surface area (Å²) >= 11 is 0. The molecule has 0 unspecified atom stereocenters. The van der Waals surface area contributed by atoms with Gasteiger partial charge in [0, 0.05) is 18.3 Å². The second-order valence-corrected chi connectivity index (χ2v) is 9.49. The Morgan fingerprint density at radius 2 is 2.08 bits per heavy atom. The molecule has 6 rings (SSSR count). The van der Waals surface area contributed by atoms with Crippen LogP contribution < -0.4 is 10.1 Å². The van der Waals surface area contributed by atoms with E-state index >= 15 is 0 Å². The minimum Gasteiger partial charge on any atom is -0.479 e. The number of benzene rings is 1. The zero-order chi connectivity index (χ0) is 26.6. The Bertz CT molecular complexity index is 1490. The lowest BCUT2D eigenvalue weighted by atomic mass is 9.98. The first-order chi connectivity index (χ1) is 18.2. The van der Waals surface area contributed by atoms with E-state index in [4.69, 9.17) is 9.47 Å². The van der Waals surface area contributed by atoms with E-state index in [1.807, 2.05) is 0 Å². The van der Waals surface area contributed by atoms with Gasteiger partial charge in [-0.3, -0.25) is 4.90 Å². The molecule has 4 aromatic rings. The van der Waals surface area contributed by atoms with Crippen LogP contribution >= 0.6 is 0 Å². The number of alkyl halides is 4. The number of ether oxygens (including phenoxy) is 2. The summed E-state index contributed by atoms with van der Waals surface area (Å²) in [7, 11) is 1.37. The molecule has 5 heterocycles. The molecule has 1 atom stereocenters. The number of methoxy groups -OCH3 is 1. The molecule has 0 spiro atoms. The first-order valence-corrected chi connectivity index (χ1v) is 12.1. The zero-order valence-electron chi connectivity index (χ0n) is 20.3. The van der Waals surface area contributed by atoms with Gasteiger partial charge in [-0.15, -0.1) is 5.10 Å². The normalized spacial score (nSPS) is 20.3. The van der Waals surface area contributed by atoms with Gasteiger partial charge in [-0.05, 0) is 30.2 Å². The summed E-state index contributed by atoms with van der Waals surface area (Å²) in [4.78, 5) is 9.96. The number of imidazole rings is 1. The predicted molar refractivity (Wildman–Crippen MR) is 127 cm³/mol. The maximum absolute atomic E-state index is 15.0. The molecular formula is C24H24F5N7O2. The number of rotatable bonds is 7. The average Bonchev–Trinajstić information content (AvgIpc) is 3.43. The molecule has 1 N–H and O–H groups in total. The third-order valence-corrected chi connectivity index (χ3v) is 7.07. The largest absolute Gasteiger partial charge is 0.479 e. The maximum Gasteiger partial charge on any atom is 0.280 e. The number of fused-ring (bicyclic) bond motifs is 2. The minimum absolute atomic E-state index is 0.0193. The number of likely N-dealkylation sites (tertiary alicyclic amines) is 1. The van der Waals surface area contributed by atoms with Crippen molar-refractivity contribution in [1.29, 1.82) is 0 Å². The van der Waals surface area contributed by atoms with Crippen molar-refractivity contribution in [2.24, 2.45) is 0 Å². The highest BCUT2D eigenvalue weighted by Crippen LogP contribution is 2.35. The number of piperidine rings is 1. The second kappa shape index (κ2) is 9.34. The number of hydrogen-bond acceptors (Lipinski definition) is 7. The molecule has 2 aliphatic rings. The Morgan fingerprint density at radius 3 is 2.76 bits per heavy atom. The number of nitrogens with one attached hydrogen (secondary N) is 1. The molecule has 0 amide bonds. The third-order valence-electron chi connectivity index (χ3n) is 7.07. The van der Waals surface area contributed by atoms with Crippen molar-refractivity contribution >= 4 is 22.5 Å². The summed E-state index contributed by atoms with van der Waals surface area (Å²) in [5.41, 5.74) is 1.39. The average molecular weight is 537 g/mol. The van der Waals surface area contributed by atoms with Crippen LogP contribution in [-0.4, -0.2) is 86.9 Å². The summed E-state index contributed by atoms with van der Waals surface area (Å²) < 4.78 is 83.9. The van der Waals surface area contributed by atoms with Gasteiger partial charge in [0.15, 0.2) is 5.82 Å². The van der Waals surface area contributed by atoms with E-state index in [9.17, 15) is 22.0 Å². The highest BCUT2D eigenvalue weighted by Gasteiger charge is 2.47. The standard InChI is InChI=1S/C24H24F5N7O2/c1-37-22-21-15(13-6-16(25)20-17(7-13)35(12-30-20)8-19(26)27)2-5-36(21)33-23(32-22)31-18-3-4-34(11-24(18,28)29)14-9-38-10-14/h2,5-7,12,14,18-19H,3-4,8-11H2,1H3,(H,31,33)/t18-/m1/s1. The molecule has 2 aliphatic heterocycles. The Labute approximate surface area is 213 Å². The van der Waals surface area contributed by atoms with Crippen LogP contribution in [0.3, 0.4) is 0 Å².